The number of amides is 1. The summed E-state index contributed by atoms with van der Waals surface area (Å²) in [5.41, 5.74) is 3.62. The van der Waals surface area contributed by atoms with E-state index in [0.29, 0.717) is 11.5 Å². The Bertz CT molecular complexity index is 1490. The van der Waals surface area contributed by atoms with Crippen LogP contribution in [0.3, 0.4) is 0 Å². The summed E-state index contributed by atoms with van der Waals surface area (Å²) in [6.45, 7) is 3.74. The Kier molecular flexibility index (Phi) is 7.48. The van der Waals surface area contributed by atoms with Crippen LogP contribution in [0.25, 0.3) is 21.6 Å². The molecule has 1 aliphatic carbocycles. The number of ether oxygens (including phenoxy) is 2. The molecule has 5 nitrogen and oxygen atoms in total. The zero-order valence-electron chi connectivity index (χ0n) is 21.5. The molecule has 200 valence electrons. The van der Waals surface area contributed by atoms with E-state index in [0.717, 1.165) is 46.4 Å². The summed E-state index contributed by atoms with van der Waals surface area (Å²) in [5, 5.41) is 2.13. The molecule has 1 fully saturated rings. The molecule has 1 atom stereocenters. The average molecular weight is 548 g/mol. The highest BCUT2D eigenvalue weighted by Crippen LogP contribution is 2.49. The van der Waals surface area contributed by atoms with Gasteiger partial charge in [-0.2, -0.15) is 4.39 Å². The fraction of sp³-hybridized carbons (Fsp3) is 0.226. The number of benzene rings is 3. The van der Waals surface area contributed by atoms with E-state index in [-0.39, 0.29) is 17.2 Å². The topological polar surface area (TPSA) is 64.6 Å². The minimum Gasteiger partial charge on any atom is -0.465 e. The van der Waals surface area contributed by atoms with Gasteiger partial charge in [-0.15, -0.1) is 11.3 Å². The molecule has 1 heterocycles. The summed E-state index contributed by atoms with van der Waals surface area (Å²) >= 11 is 0.906. The molecule has 39 heavy (non-hydrogen) atoms. The maximum Gasteiger partial charge on any atom is 0.412 e. The van der Waals surface area contributed by atoms with Gasteiger partial charge in [0.25, 0.3) is 0 Å². The van der Waals surface area contributed by atoms with Crippen molar-refractivity contribution in [1.29, 1.82) is 0 Å². The second-order valence-corrected chi connectivity index (χ2v) is 10.4. The molecule has 1 aromatic heterocycles. The summed E-state index contributed by atoms with van der Waals surface area (Å²) in [7, 11) is 0. The second kappa shape index (κ2) is 11.0. The molecule has 0 bridgehead atoms. The van der Waals surface area contributed by atoms with Crippen LogP contribution in [-0.4, -0.2) is 18.7 Å². The standard InChI is InChI=1S/C31H27F2NO4S/c1-3-37-29(35)31(16-17-31)23-14-12-21(13-15-23)20-8-10-22(11-9-20)28-26(18-27(33)39-28)34-30(36)38-19(2)24-6-4-5-7-25(24)32/h4-15,18-19H,3,16-17H2,1-2H3,(H,34,36). The van der Waals surface area contributed by atoms with E-state index in [1.54, 1.807) is 25.1 Å². The van der Waals surface area contributed by atoms with Crippen LogP contribution in [0.2, 0.25) is 0 Å². The third-order valence-corrected chi connectivity index (χ3v) is 7.87. The lowest BCUT2D eigenvalue weighted by Crippen LogP contribution is -2.23. The summed E-state index contributed by atoms with van der Waals surface area (Å²) < 4.78 is 38.8. The highest BCUT2D eigenvalue weighted by molar-refractivity contribution is 7.14. The van der Waals surface area contributed by atoms with Gasteiger partial charge in [0.2, 0.25) is 0 Å². The van der Waals surface area contributed by atoms with Crippen molar-refractivity contribution in [3.8, 4) is 21.6 Å². The number of hydrogen-bond acceptors (Lipinski definition) is 5. The fourth-order valence-corrected chi connectivity index (χ4v) is 5.48. The maximum absolute atomic E-state index is 14.2. The molecule has 4 aromatic rings. The Balaban J connectivity index is 1.29. The normalized spacial score (nSPS) is 14.4. The first kappa shape index (κ1) is 26.6. The molecule has 8 heteroatoms. The van der Waals surface area contributed by atoms with E-state index in [4.69, 9.17) is 9.47 Å². The molecule has 1 unspecified atom stereocenters. The van der Waals surface area contributed by atoms with Crippen LogP contribution in [0.1, 0.15) is 43.9 Å². The first-order valence-corrected chi connectivity index (χ1v) is 13.5. The lowest BCUT2D eigenvalue weighted by Gasteiger charge is -2.15. The van der Waals surface area contributed by atoms with Crippen molar-refractivity contribution < 1.29 is 27.8 Å². The Morgan fingerprint density at radius 1 is 0.949 bits per heavy atom. The van der Waals surface area contributed by atoms with Gasteiger partial charge in [0, 0.05) is 11.6 Å². The van der Waals surface area contributed by atoms with E-state index in [2.05, 4.69) is 5.32 Å². The number of anilines is 1. The van der Waals surface area contributed by atoms with Crippen molar-refractivity contribution in [3.05, 3.63) is 101 Å². The van der Waals surface area contributed by atoms with Gasteiger partial charge in [-0.25, -0.2) is 9.18 Å². The van der Waals surface area contributed by atoms with Gasteiger partial charge in [0.1, 0.15) is 11.9 Å². The maximum atomic E-state index is 14.2. The Labute approximate surface area is 229 Å². The molecular formula is C31H27F2NO4S. The quantitative estimate of drug-likeness (QED) is 0.226. The summed E-state index contributed by atoms with van der Waals surface area (Å²) in [6.07, 6.45) is -0.0412. The SMILES string of the molecule is CCOC(=O)C1(c2ccc(-c3ccc(-c4sc(F)cc4NC(=O)OC(C)c4ccccc4F)cc3)cc2)CC1. The minimum atomic E-state index is -0.823. The van der Waals surface area contributed by atoms with Gasteiger partial charge in [-0.05, 0) is 55.0 Å². The number of hydrogen-bond donors (Lipinski definition) is 1. The number of thiophene rings is 1. The third kappa shape index (κ3) is 5.56. The number of rotatable bonds is 8. The molecule has 0 radical (unpaired) electrons. The van der Waals surface area contributed by atoms with Crippen LogP contribution < -0.4 is 5.32 Å². The van der Waals surface area contributed by atoms with Gasteiger partial charge in [-0.1, -0.05) is 66.7 Å². The van der Waals surface area contributed by atoms with Crippen LogP contribution in [-0.2, 0) is 19.7 Å². The average Bonchev–Trinajstić information content (AvgIpc) is 3.67. The van der Waals surface area contributed by atoms with Crippen molar-refractivity contribution in [1.82, 2.24) is 0 Å². The first-order valence-electron chi connectivity index (χ1n) is 12.7. The lowest BCUT2D eigenvalue weighted by atomic mass is 9.93. The van der Waals surface area contributed by atoms with E-state index < -0.39 is 28.6 Å². The van der Waals surface area contributed by atoms with Gasteiger partial charge in [0.05, 0.1) is 22.6 Å². The van der Waals surface area contributed by atoms with Crippen LogP contribution in [0.15, 0.2) is 78.9 Å². The number of esters is 1. The molecule has 0 saturated heterocycles. The molecule has 0 spiro atoms. The van der Waals surface area contributed by atoms with Gasteiger partial charge in [-0.3, -0.25) is 10.1 Å². The van der Waals surface area contributed by atoms with Crippen molar-refractivity contribution in [3.63, 3.8) is 0 Å². The molecule has 1 saturated carbocycles. The molecule has 1 amide bonds. The molecule has 5 rings (SSSR count). The molecule has 1 N–H and O–H groups in total. The van der Waals surface area contributed by atoms with Crippen molar-refractivity contribution in [2.45, 2.75) is 38.2 Å². The fourth-order valence-electron chi connectivity index (χ4n) is 4.64. The van der Waals surface area contributed by atoms with Crippen LogP contribution in [0.5, 0.6) is 0 Å². The lowest BCUT2D eigenvalue weighted by molar-refractivity contribution is -0.146. The number of carbonyl (C=O) groups is 2. The van der Waals surface area contributed by atoms with E-state index in [1.165, 1.54) is 12.1 Å². The van der Waals surface area contributed by atoms with Crippen LogP contribution in [0, 0.1) is 10.9 Å². The van der Waals surface area contributed by atoms with E-state index >= 15 is 0 Å². The third-order valence-electron chi connectivity index (χ3n) is 6.90. The highest BCUT2D eigenvalue weighted by atomic mass is 32.1. The molecule has 1 aliphatic rings. The molecule has 0 aliphatic heterocycles. The van der Waals surface area contributed by atoms with Gasteiger partial charge < -0.3 is 9.47 Å². The predicted molar refractivity (Wildman–Crippen MR) is 148 cm³/mol. The summed E-state index contributed by atoms with van der Waals surface area (Å²) in [6, 6.07) is 22.7. The summed E-state index contributed by atoms with van der Waals surface area (Å²) in [4.78, 5) is 25.4. The molecular weight excluding hydrogens is 520 g/mol. The van der Waals surface area contributed by atoms with Crippen molar-refractivity contribution in [2.75, 3.05) is 11.9 Å². The molecule has 3 aromatic carbocycles. The number of nitrogens with one attached hydrogen (secondary N) is 1. The largest absolute Gasteiger partial charge is 0.465 e. The van der Waals surface area contributed by atoms with Crippen molar-refractivity contribution >= 4 is 29.1 Å². The van der Waals surface area contributed by atoms with Crippen LogP contribution >= 0.6 is 11.3 Å². The van der Waals surface area contributed by atoms with E-state index in [9.17, 15) is 18.4 Å². The zero-order chi connectivity index (χ0) is 27.6. The van der Waals surface area contributed by atoms with Gasteiger partial charge >= 0.3 is 12.1 Å². The van der Waals surface area contributed by atoms with Crippen molar-refractivity contribution in [2.24, 2.45) is 0 Å². The van der Waals surface area contributed by atoms with E-state index in [1.807, 2.05) is 55.5 Å². The van der Waals surface area contributed by atoms with Crippen LogP contribution in [0.4, 0.5) is 19.3 Å². The monoisotopic (exact) mass is 547 g/mol. The zero-order valence-corrected chi connectivity index (χ0v) is 22.3. The number of carbonyl (C=O) groups excluding carboxylic acids is 2. The first-order chi connectivity index (χ1) is 18.8. The Morgan fingerprint density at radius 2 is 1.56 bits per heavy atom. The minimum absolute atomic E-state index is 0.166. The smallest absolute Gasteiger partial charge is 0.412 e. The predicted octanol–water partition coefficient (Wildman–Crippen LogP) is 8.26. The second-order valence-electron chi connectivity index (χ2n) is 9.44. The Morgan fingerprint density at radius 3 is 2.18 bits per heavy atom. The summed E-state index contributed by atoms with van der Waals surface area (Å²) in [5.74, 6) is -0.638. The highest BCUT2D eigenvalue weighted by Gasteiger charge is 2.52. The Hall–Kier alpha value is -4.04. The number of halogens is 2. The van der Waals surface area contributed by atoms with Gasteiger partial charge in [0.15, 0.2) is 5.13 Å².